The Morgan fingerprint density at radius 1 is 1.00 bits per heavy atom. The molecule has 0 spiro atoms. The molecule has 5 aliphatic carbocycles. The van der Waals surface area contributed by atoms with Crippen molar-refractivity contribution in [2.24, 2.45) is 28.6 Å². The number of carbonyl (C=O) groups excluding carboxylic acids is 6. The Bertz CT molecular complexity index is 2720. The highest BCUT2D eigenvalue weighted by atomic mass is 19.1. The Labute approximate surface area is 415 Å². The summed E-state index contributed by atoms with van der Waals surface area (Å²) in [6, 6.07) is -1.21. The zero-order valence-electron chi connectivity index (χ0n) is 41.8. The van der Waals surface area contributed by atoms with Gasteiger partial charge in [0.15, 0.2) is 24.0 Å². The zero-order chi connectivity index (χ0) is 52.4. The number of hydrogen-bond donors (Lipinski definition) is 4. The molecule has 20 heteroatoms. The van der Waals surface area contributed by atoms with Crippen LogP contribution in [0.3, 0.4) is 0 Å². The molecule has 6 aliphatic rings. The predicted molar refractivity (Wildman–Crippen MR) is 256 cm³/mol. The van der Waals surface area contributed by atoms with E-state index in [0.717, 1.165) is 24.5 Å². The lowest BCUT2D eigenvalue weighted by atomic mass is 9.46. The van der Waals surface area contributed by atoms with Crippen molar-refractivity contribution in [3.05, 3.63) is 57.7 Å². The van der Waals surface area contributed by atoms with Crippen molar-refractivity contribution in [3.8, 4) is 5.75 Å². The van der Waals surface area contributed by atoms with Crippen molar-refractivity contribution in [1.29, 1.82) is 0 Å². The molecule has 2 aromatic rings. The number of benzene rings is 1. The largest absolute Gasteiger partial charge is 0.492 e. The number of nitrogens with zero attached hydrogens (tertiary/aromatic N) is 3. The fourth-order valence-corrected chi connectivity index (χ4v) is 12.6. The van der Waals surface area contributed by atoms with Gasteiger partial charge in [0, 0.05) is 54.7 Å². The Morgan fingerprint density at radius 3 is 2.33 bits per heavy atom. The van der Waals surface area contributed by atoms with E-state index < -0.39 is 119 Å². The molecule has 19 nitrogen and oxygen atoms in total. The quantitative estimate of drug-likeness (QED) is 0.149. The van der Waals surface area contributed by atoms with Crippen LogP contribution in [0.25, 0.3) is 10.9 Å². The van der Waals surface area contributed by atoms with Gasteiger partial charge in [-0.2, -0.15) is 0 Å². The summed E-state index contributed by atoms with van der Waals surface area (Å²) in [5, 5.41) is 35.8. The molecule has 4 N–H and O–H groups in total. The number of halogens is 1. The van der Waals surface area contributed by atoms with Crippen molar-refractivity contribution >= 4 is 58.1 Å². The maximum Gasteiger partial charge on any atom is 0.408 e. The van der Waals surface area contributed by atoms with Crippen molar-refractivity contribution in [3.63, 3.8) is 0 Å². The first-order valence-corrected chi connectivity index (χ1v) is 24.7. The van der Waals surface area contributed by atoms with Gasteiger partial charge in [-0.05, 0) is 103 Å². The first-order valence-electron chi connectivity index (χ1n) is 24.7. The minimum Gasteiger partial charge on any atom is -0.492 e. The van der Waals surface area contributed by atoms with Gasteiger partial charge in [-0.25, -0.2) is 14.0 Å². The average molecular weight is 1010 g/mol. The van der Waals surface area contributed by atoms with Crippen molar-refractivity contribution < 1.29 is 72.2 Å². The maximum absolute atomic E-state index is 16.2. The number of hydrogen-bond acceptors (Lipinski definition) is 15. The Balaban J connectivity index is 0.880. The summed E-state index contributed by atoms with van der Waals surface area (Å²) in [6.45, 7) is 9.09. The van der Waals surface area contributed by atoms with Crippen LogP contribution in [0.2, 0.25) is 0 Å². The number of pyridine rings is 1. The number of methoxy groups -OCH3 is 1. The van der Waals surface area contributed by atoms with E-state index in [0.29, 0.717) is 19.3 Å². The molecule has 5 unspecified atom stereocenters. The molecule has 5 fully saturated rings. The second kappa shape index (κ2) is 19.4. The second-order valence-corrected chi connectivity index (χ2v) is 21.9. The van der Waals surface area contributed by atoms with E-state index in [4.69, 9.17) is 18.9 Å². The van der Waals surface area contributed by atoms with Crippen LogP contribution in [-0.2, 0) is 38.2 Å². The lowest BCUT2D eigenvalue weighted by Gasteiger charge is -2.59. The molecule has 1 aromatic carbocycles. The number of aliphatic hydroxyl groups excluding tert-OH is 1. The van der Waals surface area contributed by atoms with Crippen molar-refractivity contribution in [2.75, 3.05) is 44.9 Å². The van der Waals surface area contributed by atoms with Crippen molar-refractivity contribution in [1.82, 2.24) is 14.8 Å². The summed E-state index contributed by atoms with van der Waals surface area (Å²) in [7, 11) is 1.32. The minimum atomic E-state index is -1.89. The van der Waals surface area contributed by atoms with Gasteiger partial charge in [-0.3, -0.25) is 28.8 Å². The molecule has 2 heterocycles. The van der Waals surface area contributed by atoms with Crippen LogP contribution in [0.5, 0.6) is 5.75 Å². The highest BCUT2D eigenvalue weighted by Gasteiger charge is 2.68. The number of aromatic carboxylic acids is 1. The number of nitrogens with one attached hydrogen (secondary N) is 1. The summed E-state index contributed by atoms with van der Waals surface area (Å²) in [6.07, 6.45) is 7.04. The Hall–Kier alpha value is -6.15. The number of piperazine rings is 1. The number of esters is 2. The first-order chi connectivity index (χ1) is 33.8. The number of carbonyl (C=O) groups is 7. The molecule has 4 saturated carbocycles. The summed E-state index contributed by atoms with van der Waals surface area (Å²) in [4.78, 5) is 108. The smallest absolute Gasteiger partial charge is 0.408 e. The van der Waals surface area contributed by atoms with Crippen molar-refractivity contribution in [2.45, 2.75) is 135 Å². The number of carboxylic acid groups (broad SMARTS) is 1. The van der Waals surface area contributed by atoms with E-state index in [9.17, 15) is 53.7 Å². The van der Waals surface area contributed by atoms with Gasteiger partial charge in [0.25, 0.3) is 0 Å². The molecule has 1 aliphatic heterocycles. The Kier molecular flexibility index (Phi) is 14.0. The number of amides is 2. The monoisotopic (exact) mass is 1000 g/mol. The van der Waals surface area contributed by atoms with Crippen LogP contribution in [0.4, 0.5) is 14.9 Å². The number of aromatic nitrogens is 1. The lowest BCUT2D eigenvalue weighted by molar-refractivity contribution is -0.181. The lowest BCUT2D eigenvalue weighted by Crippen LogP contribution is -2.61. The first kappa shape index (κ1) is 52.2. The number of rotatable bonds is 14. The van der Waals surface area contributed by atoms with Gasteiger partial charge in [-0.15, -0.1) is 0 Å². The molecule has 8 rings (SSSR count). The van der Waals surface area contributed by atoms with E-state index >= 15 is 4.39 Å². The second-order valence-electron chi connectivity index (χ2n) is 21.9. The molecule has 1 saturated heterocycles. The maximum atomic E-state index is 16.2. The average Bonchev–Trinajstić information content (AvgIpc) is 4.11. The van der Waals surface area contributed by atoms with Crippen LogP contribution in [0.15, 0.2) is 40.9 Å². The van der Waals surface area contributed by atoms with Gasteiger partial charge in [0.1, 0.15) is 35.1 Å². The highest BCUT2D eigenvalue weighted by molar-refractivity contribution is 6.01. The highest BCUT2D eigenvalue weighted by Crippen LogP contribution is 2.67. The third-order valence-electron chi connectivity index (χ3n) is 16.2. The van der Waals surface area contributed by atoms with Gasteiger partial charge in [0.2, 0.25) is 17.1 Å². The molecule has 390 valence electrons. The van der Waals surface area contributed by atoms with E-state index in [-0.39, 0.29) is 84.4 Å². The molecule has 2 amide bonds. The molecular formula is C52H65FN4O15. The summed E-state index contributed by atoms with van der Waals surface area (Å²) in [5.74, 6) is -5.86. The topological polar surface area (TPSA) is 258 Å². The molecule has 0 radical (unpaired) electrons. The third kappa shape index (κ3) is 9.51. The van der Waals surface area contributed by atoms with Crippen LogP contribution < -0.4 is 20.4 Å². The predicted octanol–water partition coefficient (Wildman–Crippen LogP) is 4.56. The van der Waals surface area contributed by atoms with E-state index in [2.05, 4.69) is 5.32 Å². The Morgan fingerprint density at radius 2 is 1.69 bits per heavy atom. The number of Topliss-reactive ketones (excluding diaryl/α,β-unsaturated/α-hetero) is 1. The minimum absolute atomic E-state index is 0.00568. The fraction of sp³-hybridized carbons (Fsp3) is 0.615. The number of aliphatic hydroxyl groups is 2. The molecular weight excluding hydrogens is 940 g/mol. The van der Waals surface area contributed by atoms with Gasteiger partial charge in [-0.1, -0.05) is 25.5 Å². The zero-order valence-corrected chi connectivity index (χ0v) is 41.8. The van der Waals surface area contributed by atoms with Gasteiger partial charge >= 0.3 is 24.0 Å². The number of alkyl carbamates (subject to hydrolysis) is 1. The van der Waals surface area contributed by atoms with Crippen LogP contribution in [-0.4, -0.2) is 136 Å². The van der Waals surface area contributed by atoms with Gasteiger partial charge in [0.05, 0.1) is 37.0 Å². The number of fused-ring (bicyclic) bond motifs is 6. The number of allylic oxidation sites excluding steroid dienone is 4. The molecule has 0 bridgehead atoms. The molecule has 9 atom stereocenters. The van der Waals surface area contributed by atoms with Crippen LogP contribution >= 0.6 is 0 Å². The number of carboxylic acids is 1. The SMILES string of the molecule is COc1c(N2CCN(C(=O)C(COC(=O)CCC(=O)OCC(=O)[C@@]3(O)CCC4C5CCC6=CC(=O)C=C[C@]6(C)C5[C@@H](O)C[C@@]43C)NC(=O)OC(C)(C)C)C(C)C2)c(F)cc2c(=O)c(C(=O)O)cn(C3CC3)c12. The standard InChI is InChI=1S/C52H65FN4O15/c1-27-23-55(43-35(53)21-32-42(45(43)69-7)57(29-9-10-29)24-33(44(32)63)47(65)66)18-19-56(27)46(64)36(54-48(67)72-49(2,3)4)25-70-39(61)12-13-40(62)71-26-38(60)52(68)17-15-34-31-11-8-28-20-30(58)14-16-50(28,5)41(31)37(59)22-51(34,52)6/h14,16,20-21,24,27,29,31,34,36-37,41,59,68H,8-13,15,17-19,22-23,25-26H2,1-7H3,(H,54,67)(H,65,66)/t27?,31?,34?,36?,37-,41?,50-,51-,52-/m0/s1. The van der Waals surface area contributed by atoms with E-state index in [1.165, 1.54) is 18.2 Å². The van der Waals surface area contributed by atoms with Crippen LogP contribution in [0.1, 0.15) is 116 Å². The third-order valence-corrected chi connectivity index (χ3v) is 16.2. The fourth-order valence-electron chi connectivity index (χ4n) is 12.6. The normalized spacial score (nSPS) is 29.3. The number of ketones is 2. The number of anilines is 1. The van der Waals surface area contributed by atoms with Gasteiger partial charge < -0.3 is 54.0 Å². The van der Waals surface area contributed by atoms with E-state index in [1.807, 2.05) is 19.9 Å². The number of ether oxygens (including phenoxy) is 4. The molecule has 1 aromatic heterocycles. The summed E-state index contributed by atoms with van der Waals surface area (Å²) in [5.41, 5.74) is -4.48. The molecule has 72 heavy (non-hydrogen) atoms. The van der Waals surface area contributed by atoms with Crippen LogP contribution in [0, 0.1) is 34.4 Å². The summed E-state index contributed by atoms with van der Waals surface area (Å²) >= 11 is 0. The van der Waals surface area contributed by atoms with E-state index in [1.54, 1.807) is 49.3 Å². The summed E-state index contributed by atoms with van der Waals surface area (Å²) < 4.78 is 39.6.